The first-order valence-corrected chi connectivity index (χ1v) is 7.51. The van der Waals surface area contributed by atoms with Gasteiger partial charge < -0.3 is 10.6 Å². The number of nitrogens with zero attached hydrogens (tertiary/aromatic N) is 2. The van der Waals surface area contributed by atoms with Gasteiger partial charge in [-0.25, -0.2) is 9.97 Å². The topological polar surface area (TPSA) is 66.9 Å². The van der Waals surface area contributed by atoms with Gasteiger partial charge in [0, 0.05) is 18.7 Å². The van der Waals surface area contributed by atoms with Gasteiger partial charge in [0.15, 0.2) is 0 Å². The normalized spacial score (nSPS) is 11.8. The number of carbonyl (C=O) groups excluding carboxylic acids is 1. The fraction of sp³-hybridized carbons (Fsp3) is 0.353. The number of aryl methyl sites for hydroxylation is 1. The van der Waals surface area contributed by atoms with Crippen molar-refractivity contribution in [2.24, 2.45) is 0 Å². The van der Waals surface area contributed by atoms with E-state index >= 15 is 0 Å². The lowest BCUT2D eigenvalue weighted by atomic mass is 10.1. The molecule has 0 aliphatic heterocycles. The summed E-state index contributed by atoms with van der Waals surface area (Å²) in [7, 11) is 0. The number of amides is 1. The first kappa shape index (κ1) is 15.9. The fourth-order valence-corrected chi connectivity index (χ4v) is 1.97. The lowest BCUT2D eigenvalue weighted by molar-refractivity contribution is 0.0934. The van der Waals surface area contributed by atoms with Crippen LogP contribution in [0.2, 0.25) is 0 Å². The molecule has 5 heteroatoms. The van der Waals surface area contributed by atoms with Crippen molar-refractivity contribution in [1.29, 1.82) is 0 Å². The van der Waals surface area contributed by atoms with Crippen LogP contribution < -0.4 is 10.6 Å². The average molecular weight is 298 g/mol. The van der Waals surface area contributed by atoms with Crippen LogP contribution in [-0.2, 0) is 6.54 Å². The molecule has 0 aliphatic rings. The number of anilines is 1. The van der Waals surface area contributed by atoms with E-state index in [9.17, 15) is 4.79 Å². The number of rotatable bonds is 6. The fourth-order valence-electron chi connectivity index (χ4n) is 1.97. The van der Waals surface area contributed by atoms with Crippen LogP contribution in [0.3, 0.4) is 0 Å². The van der Waals surface area contributed by atoms with E-state index < -0.39 is 0 Å². The van der Waals surface area contributed by atoms with E-state index in [2.05, 4.69) is 39.7 Å². The Morgan fingerprint density at radius 3 is 2.77 bits per heavy atom. The minimum Gasteiger partial charge on any atom is -0.366 e. The molecule has 0 aliphatic carbocycles. The molecule has 1 atom stereocenters. The Balaban J connectivity index is 2.02. The summed E-state index contributed by atoms with van der Waals surface area (Å²) in [4.78, 5) is 20.3. The molecule has 1 aromatic carbocycles. The second-order valence-electron chi connectivity index (χ2n) is 5.35. The Morgan fingerprint density at radius 1 is 1.27 bits per heavy atom. The van der Waals surface area contributed by atoms with Gasteiger partial charge in [0.1, 0.15) is 17.8 Å². The third-order valence-electron chi connectivity index (χ3n) is 3.61. The number of hydrogen-bond donors (Lipinski definition) is 2. The zero-order valence-corrected chi connectivity index (χ0v) is 13.3. The van der Waals surface area contributed by atoms with Crippen LogP contribution in [0.1, 0.15) is 41.9 Å². The van der Waals surface area contributed by atoms with Gasteiger partial charge in [-0.3, -0.25) is 4.79 Å². The molecule has 0 spiro atoms. The first-order valence-electron chi connectivity index (χ1n) is 7.51. The van der Waals surface area contributed by atoms with Gasteiger partial charge in [-0.15, -0.1) is 0 Å². The van der Waals surface area contributed by atoms with Crippen LogP contribution in [0.15, 0.2) is 36.7 Å². The van der Waals surface area contributed by atoms with Crippen molar-refractivity contribution in [3.05, 3.63) is 53.5 Å². The Kier molecular flexibility index (Phi) is 5.47. The van der Waals surface area contributed by atoms with Crippen molar-refractivity contribution in [3.8, 4) is 0 Å². The average Bonchev–Trinajstić information content (AvgIpc) is 2.54. The molecule has 5 nitrogen and oxygen atoms in total. The van der Waals surface area contributed by atoms with E-state index in [-0.39, 0.29) is 11.9 Å². The van der Waals surface area contributed by atoms with Crippen molar-refractivity contribution in [2.45, 2.75) is 39.8 Å². The summed E-state index contributed by atoms with van der Waals surface area (Å²) in [5.41, 5.74) is 2.80. The van der Waals surface area contributed by atoms with E-state index in [0.717, 1.165) is 6.42 Å². The van der Waals surface area contributed by atoms with Gasteiger partial charge in [0.25, 0.3) is 5.91 Å². The minimum absolute atomic E-state index is 0.130. The number of hydrogen-bond acceptors (Lipinski definition) is 4. The standard InChI is InChI=1S/C17H22N4O/c1-4-13(3)21-17(22)15-9-16(20-11-19-15)18-10-14-8-6-5-7-12(14)2/h5-9,11,13H,4,10H2,1-3H3,(H,21,22)(H,18,19,20). The molecule has 0 saturated heterocycles. The van der Waals surface area contributed by atoms with Gasteiger partial charge in [0.2, 0.25) is 0 Å². The second kappa shape index (κ2) is 7.54. The predicted molar refractivity (Wildman–Crippen MR) is 87.8 cm³/mol. The van der Waals surface area contributed by atoms with Crippen LogP contribution in [0.25, 0.3) is 0 Å². The van der Waals surface area contributed by atoms with E-state index in [1.165, 1.54) is 17.5 Å². The van der Waals surface area contributed by atoms with Crippen LogP contribution >= 0.6 is 0 Å². The molecular formula is C17H22N4O. The summed E-state index contributed by atoms with van der Waals surface area (Å²) in [6.45, 7) is 6.73. The second-order valence-corrected chi connectivity index (χ2v) is 5.35. The molecule has 1 aromatic heterocycles. The highest BCUT2D eigenvalue weighted by molar-refractivity contribution is 5.93. The smallest absolute Gasteiger partial charge is 0.270 e. The van der Waals surface area contributed by atoms with Crippen molar-refractivity contribution < 1.29 is 4.79 Å². The Morgan fingerprint density at radius 2 is 2.05 bits per heavy atom. The van der Waals surface area contributed by atoms with Crippen molar-refractivity contribution >= 4 is 11.7 Å². The van der Waals surface area contributed by atoms with E-state index in [1.54, 1.807) is 6.07 Å². The van der Waals surface area contributed by atoms with Gasteiger partial charge in [-0.05, 0) is 31.4 Å². The van der Waals surface area contributed by atoms with Crippen LogP contribution in [0.4, 0.5) is 5.82 Å². The van der Waals surface area contributed by atoms with E-state index in [1.807, 2.05) is 26.0 Å². The van der Waals surface area contributed by atoms with Gasteiger partial charge in [-0.1, -0.05) is 31.2 Å². The van der Waals surface area contributed by atoms with Crippen molar-refractivity contribution in [3.63, 3.8) is 0 Å². The highest BCUT2D eigenvalue weighted by Crippen LogP contribution is 2.11. The molecule has 116 valence electrons. The molecule has 2 aromatic rings. The molecule has 1 unspecified atom stereocenters. The SMILES string of the molecule is CCC(C)NC(=O)c1cc(NCc2ccccc2C)ncn1. The molecule has 2 N–H and O–H groups in total. The highest BCUT2D eigenvalue weighted by atomic mass is 16.1. The monoisotopic (exact) mass is 298 g/mol. The zero-order valence-electron chi connectivity index (χ0n) is 13.3. The summed E-state index contributed by atoms with van der Waals surface area (Å²) in [5, 5.41) is 6.13. The first-order chi connectivity index (χ1) is 10.6. The van der Waals surface area contributed by atoms with Crippen LogP contribution in [-0.4, -0.2) is 21.9 Å². The number of carbonyl (C=O) groups is 1. The summed E-state index contributed by atoms with van der Waals surface area (Å²) in [5.74, 6) is 0.475. The van der Waals surface area contributed by atoms with E-state index in [4.69, 9.17) is 0 Å². The molecule has 1 amide bonds. The molecule has 0 saturated carbocycles. The lowest BCUT2D eigenvalue weighted by Crippen LogP contribution is -2.32. The van der Waals surface area contributed by atoms with Gasteiger partial charge >= 0.3 is 0 Å². The number of aromatic nitrogens is 2. The predicted octanol–water partition coefficient (Wildman–Crippen LogP) is 2.93. The lowest BCUT2D eigenvalue weighted by Gasteiger charge is -2.12. The van der Waals surface area contributed by atoms with Crippen molar-refractivity contribution in [2.75, 3.05) is 5.32 Å². The third-order valence-corrected chi connectivity index (χ3v) is 3.61. The van der Waals surface area contributed by atoms with Gasteiger partial charge in [0.05, 0.1) is 0 Å². The number of benzene rings is 1. The van der Waals surface area contributed by atoms with Crippen LogP contribution in [0.5, 0.6) is 0 Å². The largest absolute Gasteiger partial charge is 0.366 e. The highest BCUT2D eigenvalue weighted by Gasteiger charge is 2.11. The van der Waals surface area contributed by atoms with E-state index in [0.29, 0.717) is 18.1 Å². The van der Waals surface area contributed by atoms with Crippen LogP contribution in [0, 0.1) is 6.92 Å². The zero-order chi connectivity index (χ0) is 15.9. The molecule has 1 heterocycles. The Labute approximate surface area is 131 Å². The maximum Gasteiger partial charge on any atom is 0.270 e. The number of nitrogens with one attached hydrogen (secondary N) is 2. The maximum atomic E-state index is 12.1. The quantitative estimate of drug-likeness (QED) is 0.860. The minimum atomic E-state index is -0.171. The maximum absolute atomic E-state index is 12.1. The molecule has 0 fully saturated rings. The molecular weight excluding hydrogens is 276 g/mol. The third kappa shape index (κ3) is 4.28. The Bertz CT molecular complexity index is 642. The summed E-state index contributed by atoms with van der Waals surface area (Å²) in [6.07, 6.45) is 2.29. The summed E-state index contributed by atoms with van der Waals surface area (Å²) in [6, 6.07) is 9.97. The Hall–Kier alpha value is -2.43. The molecule has 0 bridgehead atoms. The summed E-state index contributed by atoms with van der Waals surface area (Å²) < 4.78 is 0. The molecule has 2 rings (SSSR count). The summed E-state index contributed by atoms with van der Waals surface area (Å²) >= 11 is 0. The van der Waals surface area contributed by atoms with Crippen molar-refractivity contribution in [1.82, 2.24) is 15.3 Å². The molecule has 22 heavy (non-hydrogen) atoms. The van der Waals surface area contributed by atoms with Gasteiger partial charge in [-0.2, -0.15) is 0 Å². The molecule has 0 radical (unpaired) electrons.